The van der Waals surface area contributed by atoms with E-state index in [1.807, 2.05) is 0 Å². The van der Waals surface area contributed by atoms with Gasteiger partial charge in [-0.2, -0.15) is 13.2 Å². The second-order valence-corrected chi connectivity index (χ2v) is 5.66. The summed E-state index contributed by atoms with van der Waals surface area (Å²) in [6, 6.07) is 4.74. The molecular formula is C16H16ClF3N4O2. The first-order valence-corrected chi connectivity index (χ1v) is 7.85. The number of carbonyl (C=O) groups excluding carboxylic acids is 1. The van der Waals surface area contributed by atoms with Crippen molar-refractivity contribution in [2.75, 3.05) is 25.6 Å². The highest BCUT2D eigenvalue weighted by Crippen LogP contribution is 2.36. The van der Waals surface area contributed by atoms with E-state index >= 15 is 0 Å². The average molecular weight is 389 g/mol. The SMILES string of the molecule is COCCNC(=O)c1cc(Nc2ccc(Cl)c(C(F)(F)F)c2)nc(C)n1. The number of rotatable bonds is 6. The fourth-order valence-corrected chi connectivity index (χ4v) is 2.30. The highest BCUT2D eigenvalue weighted by Gasteiger charge is 2.33. The van der Waals surface area contributed by atoms with Crippen LogP contribution in [0.15, 0.2) is 24.3 Å². The molecule has 0 aliphatic rings. The molecule has 0 radical (unpaired) electrons. The van der Waals surface area contributed by atoms with Gasteiger partial charge in [0, 0.05) is 25.4 Å². The van der Waals surface area contributed by atoms with Crippen LogP contribution in [0.5, 0.6) is 0 Å². The van der Waals surface area contributed by atoms with Crippen molar-refractivity contribution >= 4 is 29.0 Å². The molecule has 0 bridgehead atoms. The molecule has 10 heteroatoms. The van der Waals surface area contributed by atoms with Gasteiger partial charge < -0.3 is 15.4 Å². The number of benzene rings is 1. The number of halogens is 4. The number of alkyl halides is 3. The van der Waals surface area contributed by atoms with Crippen LogP contribution in [0, 0.1) is 6.92 Å². The van der Waals surface area contributed by atoms with Gasteiger partial charge in [-0.1, -0.05) is 11.6 Å². The predicted molar refractivity (Wildman–Crippen MR) is 90.7 cm³/mol. The lowest BCUT2D eigenvalue weighted by atomic mass is 10.2. The number of aryl methyl sites for hydroxylation is 1. The Balaban J connectivity index is 2.23. The first-order chi connectivity index (χ1) is 12.2. The minimum Gasteiger partial charge on any atom is -0.383 e. The number of methoxy groups -OCH3 is 1. The summed E-state index contributed by atoms with van der Waals surface area (Å²) < 4.78 is 43.7. The van der Waals surface area contributed by atoms with Crippen LogP contribution in [0.2, 0.25) is 5.02 Å². The zero-order valence-corrected chi connectivity index (χ0v) is 14.7. The molecule has 1 heterocycles. The molecule has 1 aromatic heterocycles. The summed E-state index contributed by atoms with van der Waals surface area (Å²) >= 11 is 5.60. The maximum Gasteiger partial charge on any atom is 0.417 e. The van der Waals surface area contributed by atoms with E-state index in [1.165, 1.54) is 19.2 Å². The van der Waals surface area contributed by atoms with E-state index < -0.39 is 22.7 Å². The third-order valence-electron chi connectivity index (χ3n) is 3.21. The summed E-state index contributed by atoms with van der Waals surface area (Å²) in [5.41, 5.74) is -0.751. The lowest BCUT2D eigenvalue weighted by Crippen LogP contribution is -2.28. The largest absolute Gasteiger partial charge is 0.417 e. The average Bonchev–Trinajstić information content (AvgIpc) is 2.55. The van der Waals surface area contributed by atoms with Crippen molar-refractivity contribution in [3.05, 3.63) is 46.4 Å². The van der Waals surface area contributed by atoms with Crippen molar-refractivity contribution in [1.82, 2.24) is 15.3 Å². The molecule has 26 heavy (non-hydrogen) atoms. The van der Waals surface area contributed by atoms with Crippen LogP contribution >= 0.6 is 11.6 Å². The molecule has 0 spiro atoms. The van der Waals surface area contributed by atoms with Gasteiger partial charge in [0.2, 0.25) is 0 Å². The fraction of sp³-hybridized carbons (Fsp3) is 0.312. The number of hydrogen-bond donors (Lipinski definition) is 2. The molecule has 2 rings (SSSR count). The van der Waals surface area contributed by atoms with E-state index in [-0.39, 0.29) is 23.0 Å². The van der Waals surface area contributed by atoms with Crippen LogP contribution in [0.1, 0.15) is 21.9 Å². The van der Waals surface area contributed by atoms with Crippen molar-refractivity contribution in [3.63, 3.8) is 0 Å². The van der Waals surface area contributed by atoms with E-state index in [2.05, 4.69) is 20.6 Å². The minimum absolute atomic E-state index is 0.0844. The standard InChI is InChI=1S/C16H16ClF3N4O2/c1-9-22-13(15(25)21-5-6-26-2)8-14(23-9)24-10-3-4-12(17)11(7-10)16(18,19)20/h3-4,7-8H,5-6H2,1-2H3,(H,21,25)(H,22,23,24). The maximum atomic E-state index is 12.9. The van der Waals surface area contributed by atoms with Crippen molar-refractivity contribution in [1.29, 1.82) is 0 Å². The van der Waals surface area contributed by atoms with Gasteiger partial charge in [0.05, 0.1) is 17.2 Å². The van der Waals surface area contributed by atoms with Gasteiger partial charge in [-0.3, -0.25) is 4.79 Å². The maximum absolute atomic E-state index is 12.9. The number of carbonyl (C=O) groups is 1. The van der Waals surface area contributed by atoms with E-state index in [1.54, 1.807) is 6.92 Å². The quantitative estimate of drug-likeness (QED) is 0.740. The Hall–Kier alpha value is -2.39. The molecule has 1 amide bonds. The molecule has 0 fully saturated rings. The fourth-order valence-electron chi connectivity index (χ4n) is 2.07. The highest BCUT2D eigenvalue weighted by molar-refractivity contribution is 6.31. The molecule has 0 saturated heterocycles. The first-order valence-electron chi connectivity index (χ1n) is 7.47. The number of hydrogen-bond acceptors (Lipinski definition) is 5. The summed E-state index contributed by atoms with van der Waals surface area (Å²) in [5, 5.41) is 4.94. The molecule has 2 aromatic rings. The van der Waals surface area contributed by atoms with E-state index in [0.717, 1.165) is 12.1 Å². The molecule has 0 unspecified atom stereocenters. The highest BCUT2D eigenvalue weighted by atomic mass is 35.5. The van der Waals surface area contributed by atoms with Gasteiger partial charge in [-0.05, 0) is 25.1 Å². The van der Waals surface area contributed by atoms with Gasteiger partial charge in [-0.25, -0.2) is 9.97 Å². The van der Waals surface area contributed by atoms with E-state index in [0.29, 0.717) is 13.2 Å². The van der Waals surface area contributed by atoms with E-state index in [9.17, 15) is 18.0 Å². The second-order valence-electron chi connectivity index (χ2n) is 5.25. The Kier molecular flexibility index (Phi) is 6.38. The Bertz CT molecular complexity index is 800. The monoisotopic (exact) mass is 388 g/mol. The van der Waals surface area contributed by atoms with Crippen LogP contribution in [0.3, 0.4) is 0 Å². The number of aromatic nitrogens is 2. The Labute approximate surface area is 152 Å². The molecular weight excluding hydrogens is 373 g/mol. The molecule has 1 aromatic carbocycles. The third kappa shape index (κ3) is 5.30. The number of nitrogens with one attached hydrogen (secondary N) is 2. The van der Waals surface area contributed by atoms with Crippen molar-refractivity contribution < 1.29 is 22.7 Å². The number of ether oxygens (including phenoxy) is 1. The zero-order chi connectivity index (χ0) is 19.3. The van der Waals surface area contributed by atoms with Crippen LogP contribution in [0.4, 0.5) is 24.7 Å². The van der Waals surface area contributed by atoms with Crippen LogP contribution in [-0.2, 0) is 10.9 Å². The number of amides is 1. The second kappa shape index (κ2) is 8.33. The van der Waals surface area contributed by atoms with Gasteiger partial charge in [0.1, 0.15) is 17.3 Å². The summed E-state index contributed by atoms with van der Waals surface area (Å²) in [7, 11) is 1.50. The molecule has 0 atom stereocenters. The molecule has 6 nitrogen and oxygen atoms in total. The van der Waals surface area contributed by atoms with Gasteiger partial charge in [0.25, 0.3) is 5.91 Å². The van der Waals surface area contributed by atoms with Crippen LogP contribution in [-0.4, -0.2) is 36.1 Å². The van der Waals surface area contributed by atoms with Crippen molar-refractivity contribution in [2.24, 2.45) is 0 Å². The molecule has 0 aliphatic heterocycles. The van der Waals surface area contributed by atoms with Gasteiger partial charge in [-0.15, -0.1) is 0 Å². The first kappa shape index (κ1) is 19.9. The topological polar surface area (TPSA) is 76.1 Å². The molecule has 2 N–H and O–H groups in total. The summed E-state index contributed by atoms with van der Waals surface area (Å²) in [5.74, 6) is 0.0319. The van der Waals surface area contributed by atoms with Crippen LogP contribution < -0.4 is 10.6 Å². The number of nitrogens with zero attached hydrogens (tertiary/aromatic N) is 2. The van der Waals surface area contributed by atoms with Crippen molar-refractivity contribution in [3.8, 4) is 0 Å². The number of anilines is 2. The molecule has 140 valence electrons. The smallest absolute Gasteiger partial charge is 0.383 e. The minimum atomic E-state index is -4.58. The van der Waals surface area contributed by atoms with Crippen LogP contribution in [0.25, 0.3) is 0 Å². The van der Waals surface area contributed by atoms with Gasteiger partial charge in [0.15, 0.2) is 0 Å². The van der Waals surface area contributed by atoms with Crippen molar-refractivity contribution in [2.45, 2.75) is 13.1 Å². The third-order valence-corrected chi connectivity index (χ3v) is 3.54. The predicted octanol–water partition coefficient (Wildman–Crippen LogP) is 3.58. The van der Waals surface area contributed by atoms with Gasteiger partial charge >= 0.3 is 6.18 Å². The summed E-state index contributed by atoms with van der Waals surface area (Å²) in [4.78, 5) is 20.2. The van der Waals surface area contributed by atoms with E-state index in [4.69, 9.17) is 16.3 Å². The Morgan fingerprint density at radius 2 is 2.00 bits per heavy atom. The molecule has 0 saturated carbocycles. The lowest BCUT2D eigenvalue weighted by Gasteiger charge is -2.13. The summed E-state index contributed by atoms with van der Waals surface area (Å²) in [6.07, 6.45) is -4.58. The normalized spacial score (nSPS) is 11.3. The Morgan fingerprint density at radius 3 is 2.65 bits per heavy atom. The lowest BCUT2D eigenvalue weighted by molar-refractivity contribution is -0.137. The summed E-state index contributed by atoms with van der Waals surface area (Å²) in [6.45, 7) is 2.21. The molecule has 0 aliphatic carbocycles. The zero-order valence-electron chi connectivity index (χ0n) is 13.9. The Morgan fingerprint density at radius 1 is 1.27 bits per heavy atom.